The van der Waals surface area contributed by atoms with Crippen molar-refractivity contribution in [3.63, 3.8) is 0 Å². The third kappa shape index (κ3) is 5.34. The molecule has 1 aromatic rings. The summed E-state index contributed by atoms with van der Waals surface area (Å²) in [6.45, 7) is 7.59. The predicted octanol–water partition coefficient (Wildman–Crippen LogP) is 0.278. The molecule has 4 N–H and O–H groups in total. The first-order valence-electron chi connectivity index (χ1n) is 6.26. The lowest BCUT2D eigenvalue weighted by atomic mass is 10.1. The van der Waals surface area contributed by atoms with Crippen molar-refractivity contribution < 1.29 is 9.90 Å². The average molecular weight is 266 g/mol. The highest BCUT2D eigenvalue weighted by molar-refractivity contribution is 5.93. The number of amides is 1. The molecule has 0 aliphatic carbocycles. The van der Waals surface area contributed by atoms with Gasteiger partial charge in [-0.05, 0) is 32.5 Å². The van der Waals surface area contributed by atoms with Crippen LogP contribution in [-0.4, -0.2) is 39.6 Å². The van der Waals surface area contributed by atoms with Crippen LogP contribution in [-0.2, 0) is 6.54 Å². The predicted molar refractivity (Wildman–Crippen MR) is 73.1 cm³/mol. The van der Waals surface area contributed by atoms with E-state index in [9.17, 15) is 9.90 Å². The summed E-state index contributed by atoms with van der Waals surface area (Å²) in [5, 5.41) is 9.82. The number of hydrogen-bond donors (Lipinski definition) is 3. The monoisotopic (exact) mass is 266 g/mol. The summed E-state index contributed by atoms with van der Waals surface area (Å²) in [6, 6.07) is 3.47. The highest BCUT2D eigenvalue weighted by atomic mass is 16.3. The summed E-state index contributed by atoms with van der Waals surface area (Å²) in [7, 11) is 0. The molecule has 0 bridgehead atoms. The first-order chi connectivity index (χ1) is 8.85. The standard InChI is InChI=1S/C13H22N4O2/c1-4-17(9-13(2,3)19)8-11-6-5-10(7-15-11)12(18)16-14/h5-7,19H,4,8-9,14H2,1-3H3,(H,16,18). The molecule has 1 amide bonds. The molecule has 0 unspecified atom stereocenters. The second-order valence-corrected chi connectivity index (χ2v) is 5.13. The summed E-state index contributed by atoms with van der Waals surface area (Å²) in [4.78, 5) is 17.6. The third-order valence-electron chi connectivity index (χ3n) is 2.66. The van der Waals surface area contributed by atoms with Gasteiger partial charge in [0.05, 0.1) is 16.9 Å². The molecular formula is C13H22N4O2. The minimum atomic E-state index is -0.741. The number of nitrogens with two attached hydrogens (primary N) is 1. The third-order valence-corrected chi connectivity index (χ3v) is 2.66. The molecule has 6 nitrogen and oxygen atoms in total. The quantitative estimate of drug-likeness (QED) is 0.391. The van der Waals surface area contributed by atoms with Crippen LogP contribution in [0.15, 0.2) is 18.3 Å². The smallest absolute Gasteiger partial charge is 0.266 e. The van der Waals surface area contributed by atoms with Crippen molar-refractivity contribution in [3.8, 4) is 0 Å². The van der Waals surface area contributed by atoms with E-state index in [2.05, 4.69) is 15.3 Å². The van der Waals surface area contributed by atoms with Crippen LogP contribution in [0.2, 0.25) is 0 Å². The van der Waals surface area contributed by atoms with Crippen molar-refractivity contribution in [1.82, 2.24) is 15.3 Å². The van der Waals surface area contributed by atoms with Gasteiger partial charge in [0.2, 0.25) is 0 Å². The molecule has 0 saturated heterocycles. The minimum absolute atomic E-state index is 0.358. The van der Waals surface area contributed by atoms with Crippen LogP contribution < -0.4 is 11.3 Å². The largest absolute Gasteiger partial charge is 0.389 e. The van der Waals surface area contributed by atoms with E-state index in [1.54, 1.807) is 26.0 Å². The van der Waals surface area contributed by atoms with Gasteiger partial charge in [0.25, 0.3) is 5.91 Å². The Morgan fingerprint density at radius 2 is 2.21 bits per heavy atom. The van der Waals surface area contributed by atoms with Crippen LogP contribution in [0.25, 0.3) is 0 Å². The summed E-state index contributed by atoms with van der Waals surface area (Å²) >= 11 is 0. The van der Waals surface area contributed by atoms with E-state index in [0.29, 0.717) is 18.7 Å². The Labute approximate surface area is 113 Å². The fourth-order valence-electron chi connectivity index (χ4n) is 1.79. The highest BCUT2D eigenvalue weighted by Crippen LogP contribution is 2.09. The molecule has 0 saturated carbocycles. The van der Waals surface area contributed by atoms with Crippen molar-refractivity contribution >= 4 is 5.91 Å². The molecule has 0 aliphatic heterocycles. The van der Waals surface area contributed by atoms with Crippen molar-refractivity contribution in [1.29, 1.82) is 0 Å². The molecule has 0 radical (unpaired) electrons. The lowest BCUT2D eigenvalue weighted by molar-refractivity contribution is 0.0350. The maximum Gasteiger partial charge on any atom is 0.266 e. The van der Waals surface area contributed by atoms with E-state index in [-0.39, 0.29) is 5.91 Å². The molecular weight excluding hydrogens is 244 g/mol. The number of carbonyl (C=O) groups excluding carboxylic acids is 1. The van der Waals surface area contributed by atoms with Crippen molar-refractivity contribution in [2.45, 2.75) is 32.9 Å². The van der Waals surface area contributed by atoms with Crippen LogP contribution in [0.1, 0.15) is 36.8 Å². The van der Waals surface area contributed by atoms with E-state index in [0.717, 1.165) is 12.2 Å². The van der Waals surface area contributed by atoms with E-state index in [1.165, 1.54) is 6.20 Å². The number of nitrogen functional groups attached to an aromatic ring is 1. The number of aliphatic hydroxyl groups is 1. The van der Waals surface area contributed by atoms with E-state index in [1.807, 2.05) is 6.92 Å². The van der Waals surface area contributed by atoms with Gasteiger partial charge in [-0.1, -0.05) is 6.92 Å². The number of aromatic nitrogens is 1. The molecule has 6 heteroatoms. The van der Waals surface area contributed by atoms with Crippen LogP contribution >= 0.6 is 0 Å². The van der Waals surface area contributed by atoms with Crippen molar-refractivity contribution in [3.05, 3.63) is 29.6 Å². The van der Waals surface area contributed by atoms with Crippen LogP contribution in [0, 0.1) is 0 Å². The van der Waals surface area contributed by atoms with Gasteiger partial charge >= 0.3 is 0 Å². The Morgan fingerprint density at radius 1 is 1.53 bits per heavy atom. The SMILES string of the molecule is CCN(Cc1ccc(C(=O)NN)cn1)CC(C)(C)O. The number of likely N-dealkylation sites (N-methyl/N-ethyl adjacent to an activating group) is 1. The van der Waals surface area contributed by atoms with Gasteiger partial charge in [0.15, 0.2) is 0 Å². The number of nitrogens with one attached hydrogen (secondary N) is 1. The topological polar surface area (TPSA) is 91.5 Å². The first kappa shape index (κ1) is 15.6. The number of hydrazine groups is 1. The lowest BCUT2D eigenvalue weighted by Gasteiger charge is -2.27. The van der Waals surface area contributed by atoms with Crippen LogP contribution in [0.3, 0.4) is 0 Å². The second-order valence-electron chi connectivity index (χ2n) is 5.13. The number of hydrogen-bond acceptors (Lipinski definition) is 5. The Hall–Kier alpha value is -1.50. The van der Waals surface area contributed by atoms with E-state index < -0.39 is 5.60 Å². The van der Waals surface area contributed by atoms with Gasteiger partial charge in [0.1, 0.15) is 0 Å². The van der Waals surface area contributed by atoms with E-state index in [4.69, 9.17) is 5.84 Å². The summed E-state index contributed by atoms with van der Waals surface area (Å²) < 4.78 is 0. The van der Waals surface area contributed by atoms with Gasteiger partial charge in [-0.2, -0.15) is 0 Å². The van der Waals surface area contributed by atoms with Gasteiger partial charge in [0, 0.05) is 19.3 Å². The molecule has 0 aromatic carbocycles. The zero-order valence-corrected chi connectivity index (χ0v) is 11.7. The molecule has 0 fully saturated rings. The maximum atomic E-state index is 11.3. The highest BCUT2D eigenvalue weighted by Gasteiger charge is 2.17. The normalized spacial score (nSPS) is 11.7. The van der Waals surface area contributed by atoms with Crippen LogP contribution in [0.5, 0.6) is 0 Å². The summed E-state index contributed by atoms with van der Waals surface area (Å²) in [5.41, 5.74) is 2.60. The van der Waals surface area contributed by atoms with Gasteiger partial charge < -0.3 is 5.11 Å². The fraction of sp³-hybridized carbons (Fsp3) is 0.538. The Morgan fingerprint density at radius 3 is 2.63 bits per heavy atom. The molecule has 1 heterocycles. The zero-order chi connectivity index (χ0) is 14.5. The molecule has 0 aliphatic rings. The van der Waals surface area contributed by atoms with E-state index >= 15 is 0 Å². The average Bonchev–Trinajstić information content (AvgIpc) is 2.36. The minimum Gasteiger partial charge on any atom is -0.389 e. The van der Waals surface area contributed by atoms with Gasteiger partial charge in [-0.25, -0.2) is 5.84 Å². The molecule has 1 aromatic heterocycles. The van der Waals surface area contributed by atoms with Crippen molar-refractivity contribution in [2.24, 2.45) is 5.84 Å². The molecule has 1 rings (SSSR count). The molecule has 19 heavy (non-hydrogen) atoms. The molecule has 106 valence electrons. The van der Waals surface area contributed by atoms with Crippen LogP contribution in [0.4, 0.5) is 0 Å². The number of rotatable bonds is 6. The Bertz CT molecular complexity index is 412. The second kappa shape index (κ2) is 6.60. The fourth-order valence-corrected chi connectivity index (χ4v) is 1.79. The molecule has 0 atom stereocenters. The summed E-state index contributed by atoms with van der Waals surface area (Å²) in [5.74, 6) is 4.69. The van der Waals surface area contributed by atoms with Crippen molar-refractivity contribution in [2.75, 3.05) is 13.1 Å². The number of carbonyl (C=O) groups is 1. The number of nitrogens with zero attached hydrogens (tertiary/aromatic N) is 2. The maximum absolute atomic E-state index is 11.3. The van der Waals surface area contributed by atoms with Gasteiger partial charge in [-0.15, -0.1) is 0 Å². The number of pyridine rings is 1. The summed E-state index contributed by atoms with van der Waals surface area (Å²) in [6.07, 6.45) is 1.50. The zero-order valence-electron chi connectivity index (χ0n) is 11.7. The lowest BCUT2D eigenvalue weighted by Crippen LogP contribution is -2.38. The first-order valence-corrected chi connectivity index (χ1v) is 6.26. The van der Waals surface area contributed by atoms with Gasteiger partial charge in [-0.3, -0.25) is 20.1 Å². The Balaban J connectivity index is 2.68. The molecule has 0 spiro atoms. The Kier molecular flexibility index (Phi) is 5.41.